The second-order valence-electron chi connectivity index (χ2n) is 4.03. The maximum Gasteiger partial charge on any atom is 0.317 e. The third-order valence-electron chi connectivity index (χ3n) is 2.86. The van der Waals surface area contributed by atoms with Gasteiger partial charge in [0, 0.05) is 10.0 Å². The van der Waals surface area contributed by atoms with Gasteiger partial charge >= 0.3 is 5.97 Å². The molecular weight excluding hydrogens is 311 g/mol. The van der Waals surface area contributed by atoms with Gasteiger partial charge in [0.2, 0.25) is 0 Å². The Balaban J connectivity index is 2.51. The minimum atomic E-state index is -0.751. The van der Waals surface area contributed by atoms with Gasteiger partial charge in [0.05, 0.1) is 7.11 Å². The molecule has 2 aromatic rings. The Morgan fingerprint density at radius 2 is 1.79 bits per heavy atom. The molecule has 2 nitrogen and oxygen atoms in total. The van der Waals surface area contributed by atoms with E-state index in [4.69, 9.17) is 4.74 Å². The minimum absolute atomic E-state index is 0.316. The Hall–Kier alpha value is -1.68. The van der Waals surface area contributed by atoms with Crippen molar-refractivity contribution in [1.82, 2.24) is 0 Å². The molecule has 4 heteroatoms. The summed E-state index contributed by atoms with van der Waals surface area (Å²) in [5, 5.41) is 0. The lowest BCUT2D eigenvalue weighted by Crippen LogP contribution is -2.16. The number of carbonyl (C=O) groups is 1. The van der Waals surface area contributed by atoms with Crippen LogP contribution < -0.4 is 0 Å². The molecule has 0 aromatic heterocycles. The zero-order valence-corrected chi connectivity index (χ0v) is 11.9. The van der Waals surface area contributed by atoms with Crippen LogP contribution in [0.15, 0.2) is 53.0 Å². The molecule has 1 atom stereocenters. The van der Waals surface area contributed by atoms with Crippen LogP contribution in [0.25, 0.3) is 0 Å². The van der Waals surface area contributed by atoms with Crippen molar-refractivity contribution < 1.29 is 13.9 Å². The van der Waals surface area contributed by atoms with E-state index in [1.807, 2.05) is 12.1 Å². The van der Waals surface area contributed by atoms with Crippen LogP contribution in [0, 0.1) is 5.82 Å². The number of methoxy groups -OCH3 is 1. The highest BCUT2D eigenvalue weighted by molar-refractivity contribution is 9.10. The van der Waals surface area contributed by atoms with Crippen molar-refractivity contribution in [3.8, 4) is 0 Å². The van der Waals surface area contributed by atoms with E-state index in [9.17, 15) is 9.18 Å². The molecule has 2 rings (SSSR count). The van der Waals surface area contributed by atoms with Crippen LogP contribution in [-0.4, -0.2) is 13.1 Å². The first kappa shape index (κ1) is 13.7. The smallest absolute Gasteiger partial charge is 0.317 e. The number of carbonyl (C=O) groups excluding carboxylic acids is 1. The third kappa shape index (κ3) is 3.01. The van der Waals surface area contributed by atoms with Gasteiger partial charge in [0.15, 0.2) is 0 Å². The fraction of sp³-hybridized carbons (Fsp3) is 0.133. The lowest BCUT2D eigenvalue weighted by atomic mass is 9.91. The van der Waals surface area contributed by atoms with Gasteiger partial charge in [-0.05, 0) is 23.8 Å². The summed E-state index contributed by atoms with van der Waals surface area (Å²) < 4.78 is 19.6. The normalized spacial score (nSPS) is 11.9. The van der Waals surface area contributed by atoms with Crippen LogP contribution in [0.5, 0.6) is 0 Å². The Morgan fingerprint density at radius 1 is 1.16 bits per heavy atom. The molecule has 0 bridgehead atoms. The molecule has 0 heterocycles. The van der Waals surface area contributed by atoms with E-state index in [0.717, 1.165) is 4.47 Å². The summed E-state index contributed by atoms with van der Waals surface area (Å²) in [7, 11) is 1.30. The Bertz CT molecular complexity index is 581. The third-order valence-corrected chi connectivity index (χ3v) is 3.39. The molecule has 0 N–H and O–H groups in total. The second kappa shape index (κ2) is 5.97. The van der Waals surface area contributed by atoms with E-state index in [1.54, 1.807) is 30.3 Å². The first-order valence-corrected chi connectivity index (χ1v) is 6.50. The molecule has 0 spiro atoms. The molecule has 0 fully saturated rings. The zero-order chi connectivity index (χ0) is 13.8. The van der Waals surface area contributed by atoms with Crippen molar-refractivity contribution in [3.05, 3.63) is 69.9 Å². The summed E-state index contributed by atoms with van der Waals surface area (Å²) in [6.45, 7) is 0. The summed E-state index contributed by atoms with van der Waals surface area (Å²) in [6.07, 6.45) is 0. The van der Waals surface area contributed by atoms with Crippen molar-refractivity contribution in [3.63, 3.8) is 0 Å². The molecular formula is C15H12BrFO2. The molecule has 0 saturated heterocycles. The molecule has 2 aromatic carbocycles. The highest BCUT2D eigenvalue weighted by atomic mass is 79.9. The SMILES string of the molecule is COC(=O)C(c1ccc(Br)cc1)c1ccccc1F. The van der Waals surface area contributed by atoms with E-state index in [2.05, 4.69) is 15.9 Å². The lowest BCUT2D eigenvalue weighted by molar-refractivity contribution is -0.141. The predicted molar refractivity (Wildman–Crippen MR) is 74.4 cm³/mol. The largest absolute Gasteiger partial charge is 0.468 e. The van der Waals surface area contributed by atoms with Crippen LogP contribution in [-0.2, 0) is 9.53 Å². The molecule has 0 aliphatic carbocycles. The predicted octanol–water partition coefficient (Wildman–Crippen LogP) is 3.89. The van der Waals surface area contributed by atoms with Crippen LogP contribution in [0.4, 0.5) is 4.39 Å². The Morgan fingerprint density at radius 3 is 2.37 bits per heavy atom. The minimum Gasteiger partial charge on any atom is -0.468 e. The summed E-state index contributed by atoms with van der Waals surface area (Å²) in [5.41, 5.74) is 1.01. The number of hydrogen-bond acceptors (Lipinski definition) is 2. The molecule has 0 aliphatic heterocycles. The monoisotopic (exact) mass is 322 g/mol. The average Bonchev–Trinajstić information content (AvgIpc) is 2.43. The first-order chi connectivity index (χ1) is 9.13. The van der Waals surface area contributed by atoms with Crippen molar-refractivity contribution >= 4 is 21.9 Å². The molecule has 0 saturated carbocycles. The fourth-order valence-electron chi connectivity index (χ4n) is 1.92. The van der Waals surface area contributed by atoms with E-state index >= 15 is 0 Å². The number of hydrogen-bond donors (Lipinski definition) is 0. The number of benzene rings is 2. The highest BCUT2D eigenvalue weighted by Crippen LogP contribution is 2.28. The summed E-state index contributed by atoms with van der Waals surface area (Å²) in [4.78, 5) is 11.9. The summed E-state index contributed by atoms with van der Waals surface area (Å²) >= 11 is 3.33. The van der Waals surface area contributed by atoms with Crippen molar-refractivity contribution in [2.75, 3.05) is 7.11 Å². The van der Waals surface area contributed by atoms with E-state index in [0.29, 0.717) is 11.1 Å². The Labute approximate surface area is 119 Å². The van der Waals surface area contributed by atoms with Crippen molar-refractivity contribution in [2.45, 2.75) is 5.92 Å². The quantitative estimate of drug-likeness (QED) is 0.801. The maximum atomic E-state index is 13.9. The number of ether oxygens (including phenoxy) is 1. The average molecular weight is 323 g/mol. The van der Waals surface area contributed by atoms with Gasteiger partial charge < -0.3 is 4.74 Å². The van der Waals surface area contributed by atoms with Gasteiger partial charge in [-0.1, -0.05) is 46.3 Å². The fourth-order valence-corrected chi connectivity index (χ4v) is 2.19. The molecule has 1 unspecified atom stereocenters. The Kier molecular flexibility index (Phi) is 4.32. The number of halogens is 2. The van der Waals surface area contributed by atoms with Crippen molar-refractivity contribution in [2.24, 2.45) is 0 Å². The van der Waals surface area contributed by atoms with E-state index < -0.39 is 17.7 Å². The van der Waals surface area contributed by atoms with Crippen LogP contribution >= 0.6 is 15.9 Å². The van der Waals surface area contributed by atoms with Gasteiger partial charge in [-0.15, -0.1) is 0 Å². The topological polar surface area (TPSA) is 26.3 Å². The first-order valence-electron chi connectivity index (χ1n) is 5.71. The highest BCUT2D eigenvalue weighted by Gasteiger charge is 2.26. The van der Waals surface area contributed by atoms with Gasteiger partial charge in [0.25, 0.3) is 0 Å². The number of rotatable bonds is 3. The zero-order valence-electron chi connectivity index (χ0n) is 10.3. The molecule has 19 heavy (non-hydrogen) atoms. The van der Waals surface area contributed by atoms with Gasteiger partial charge in [0.1, 0.15) is 11.7 Å². The van der Waals surface area contributed by atoms with Gasteiger partial charge in [-0.25, -0.2) is 4.39 Å². The lowest BCUT2D eigenvalue weighted by Gasteiger charge is -2.16. The van der Waals surface area contributed by atoms with E-state index in [1.165, 1.54) is 13.2 Å². The summed E-state index contributed by atoms with van der Waals surface area (Å²) in [6, 6.07) is 13.4. The van der Waals surface area contributed by atoms with Crippen LogP contribution in [0.2, 0.25) is 0 Å². The van der Waals surface area contributed by atoms with Crippen LogP contribution in [0.1, 0.15) is 17.0 Å². The summed E-state index contributed by atoms with van der Waals surface area (Å²) in [5.74, 6) is -1.65. The van der Waals surface area contributed by atoms with Crippen LogP contribution in [0.3, 0.4) is 0 Å². The van der Waals surface area contributed by atoms with Crippen molar-refractivity contribution in [1.29, 1.82) is 0 Å². The second-order valence-corrected chi connectivity index (χ2v) is 4.94. The van der Waals surface area contributed by atoms with E-state index in [-0.39, 0.29) is 0 Å². The molecule has 98 valence electrons. The maximum absolute atomic E-state index is 13.9. The standard InChI is InChI=1S/C15H12BrFO2/c1-19-15(18)14(10-6-8-11(16)9-7-10)12-4-2-3-5-13(12)17/h2-9,14H,1H3. The molecule has 0 radical (unpaired) electrons. The van der Waals surface area contributed by atoms with Gasteiger partial charge in [-0.3, -0.25) is 4.79 Å². The van der Waals surface area contributed by atoms with Gasteiger partial charge in [-0.2, -0.15) is 0 Å². The number of esters is 1. The molecule has 0 aliphatic rings. The molecule has 0 amide bonds.